The van der Waals surface area contributed by atoms with Gasteiger partial charge in [0.25, 0.3) is 0 Å². The van der Waals surface area contributed by atoms with Gasteiger partial charge in [-0.2, -0.15) is 0 Å². The molecule has 0 radical (unpaired) electrons. The van der Waals surface area contributed by atoms with Gasteiger partial charge in [0.2, 0.25) is 0 Å². The summed E-state index contributed by atoms with van der Waals surface area (Å²) in [5, 5.41) is 4.95. The molecule has 11 aromatic rings. The first-order valence-electron chi connectivity index (χ1n) is 18.8. The normalized spacial score (nSPS) is 11.6. The quantitative estimate of drug-likeness (QED) is 0.171. The van der Waals surface area contributed by atoms with Gasteiger partial charge in [0.05, 0.1) is 21.4 Å². The highest BCUT2D eigenvalue weighted by Crippen LogP contribution is 2.46. The minimum Gasteiger partial charge on any atom is -0.307 e. The molecular formula is C51H32N4S. The van der Waals surface area contributed by atoms with Gasteiger partial charge < -0.3 is 4.57 Å². The summed E-state index contributed by atoms with van der Waals surface area (Å²) in [7, 11) is 0. The zero-order valence-electron chi connectivity index (χ0n) is 30.2. The highest BCUT2D eigenvalue weighted by atomic mass is 32.1. The van der Waals surface area contributed by atoms with Crippen LogP contribution in [0.4, 0.5) is 0 Å². The average molecular weight is 733 g/mol. The van der Waals surface area contributed by atoms with Crippen LogP contribution in [-0.2, 0) is 0 Å². The van der Waals surface area contributed by atoms with Crippen LogP contribution in [0.25, 0.3) is 104 Å². The molecule has 8 aromatic carbocycles. The number of nitrogens with zero attached hydrogens (tertiary/aromatic N) is 4. The van der Waals surface area contributed by atoms with Crippen LogP contribution in [0.1, 0.15) is 0 Å². The molecule has 0 saturated carbocycles. The monoisotopic (exact) mass is 732 g/mol. The Morgan fingerprint density at radius 1 is 0.321 bits per heavy atom. The van der Waals surface area contributed by atoms with E-state index in [1.807, 2.05) is 35.6 Å². The fraction of sp³-hybridized carbons (Fsp3) is 0. The summed E-state index contributed by atoms with van der Waals surface area (Å²) in [6.45, 7) is 0. The van der Waals surface area contributed by atoms with Crippen LogP contribution < -0.4 is 0 Å². The largest absolute Gasteiger partial charge is 0.307 e. The standard InChI is InChI=1S/C51H32N4S/c1-4-15-33(16-5-1)34-27-29-37(30-28-34)50-52-49(36-19-8-3-9-20-36)53-51(54-50)43-22-11-13-26-45(43)55-44-25-12-10-21-39(44)40-31-32-42-41-24-14-23-38(35-17-6-2-7-18-35)47(41)56-48(42)46(40)55/h1-32H. The Morgan fingerprint density at radius 2 is 0.821 bits per heavy atom. The SMILES string of the molecule is c1ccc(-c2ccc(-c3nc(-c4ccccc4)nc(-c4ccccc4-n4c5ccccc5c5ccc6c7cccc(-c8ccccc8)c7sc6c54)n3)cc2)cc1. The molecule has 3 aromatic heterocycles. The molecule has 0 unspecified atom stereocenters. The van der Waals surface area contributed by atoms with Crippen LogP contribution in [-0.4, -0.2) is 19.5 Å². The average Bonchev–Trinajstić information content (AvgIpc) is 3.83. The number of aromatic nitrogens is 4. The minimum atomic E-state index is 0.623. The molecule has 4 nitrogen and oxygen atoms in total. The maximum Gasteiger partial charge on any atom is 0.166 e. The van der Waals surface area contributed by atoms with E-state index in [0.29, 0.717) is 17.5 Å². The number of para-hydroxylation sites is 2. The van der Waals surface area contributed by atoms with Crippen molar-refractivity contribution >= 4 is 53.3 Å². The molecule has 5 heteroatoms. The van der Waals surface area contributed by atoms with Crippen molar-refractivity contribution in [2.75, 3.05) is 0 Å². The first-order valence-corrected chi connectivity index (χ1v) is 19.6. The zero-order chi connectivity index (χ0) is 37.0. The van der Waals surface area contributed by atoms with E-state index in [2.05, 4.69) is 174 Å². The maximum absolute atomic E-state index is 5.24. The second-order valence-electron chi connectivity index (χ2n) is 14.0. The summed E-state index contributed by atoms with van der Waals surface area (Å²) in [5.41, 5.74) is 10.9. The Bertz CT molecular complexity index is 3220. The maximum atomic E-state index is 5.24. The summed E-state index contributed by atoms with van der Waals surface area (Å²) >= 11 is 1.88. The van der Waals surface area contributed by atoms with Crippen LogP contribution in [0.15, 0.2) is 194 Å². The van der Waals surface area contributed by atoms with E-state index >= 15 is 0 Å². The molecule has 0 N–H and O–H groups in total. The first kappa shape index (κ1) is 32.2. The van der Waals surface area contributed by atoms with E-state index in [1.165, 1.54) is 53.2 Å². The second-order valence-corrected chi connectivity index (χ2v) is 15.0. The van der Waals surface area contributed by atoms with Crippen LogP contribution in [0.5, 0.6) is 0 Å². The third-order valence-corrected chi connectivity index (χ3v) is 11.9. The van der Waals surface area contributed by atoms with Crippen LogP contribution in [0.3, 0.4) is 0 Å². The van der Waals surface area contributed by atoms with Crippen LogP contribution in [0.2, 0.25) is 0 Å². The summed E-state index contributed by atoms with van der Waals surface area (Å²) in [4.78, 5) is 15.5. The van der Waals surface area contributed by atoms with Crippen molar-refractivity contribution in [3.63, 3.8) is 0 Å². The fourth-order valence-electron chi connectivity index (χ4n) is 8.04. The predicted octanol–water partition coefficient (Wildman–Crippen LogP) is 13.7. The van der Waals surface area contributed by atoms with Gasteiger partial charge in [-0.15, -0.1) is 11.3 Å². The second kappa shape index (κ2) is 13.3. The number of hydrogen-bond acceptors (Lipinski definition) is 4. The van der Waals surface area contributed by atoms with Gasteiger partial charge >= 0.3 is 0 Å². The predicted molar refractivity (Wildman–Crippen MR) is 234 cm³/mol. The van der Waals surface area contributed by atoms with Gasteiger partial charge in [-0.1, -0.05) is 176 Å². The number of rotatable bonds is 6. The topological polar surface area (TPSA) is 43.6 Å². The first-order chi connectivity index (χ1) is 27.8. The van der Waals surface area contributed by atoms with Crippen molar-refractivity contribution in [3.8, 4) is 62.1 Å². The molecule has 0 aliphatic carbocycles. The molecule has 11 rings (SSSR count). The van der Waals surface area contributed by atoms with Crippen molar-refractivity contribution in [1.29, 1.82) is 0 Å². The van der Waals surface area contributed by atoms with Gasteiger partial charge in [0.15, 0.2) is 17.5 Å². The Morgan fingerprint density at radius 3 is 1.57 bits per heavy atom. The Kier molecular flexibility index (Phi) is 7.64. The summed E-state index contributed by atoms with van der Waals surface area (Å²) in [6.07, 6.45) is 0. The van der Waals surface area contributed by atoms with E-state index in [4.69, 9.17) is 15.0 Å². The number of thiophene rings is 1. The van der Waals surface area contributed by atoms with E-state index in [9.17, 15) is 0 Å². The molecule has 0 saturated heterocycles. The lowest BCUT2D eigenvalue weighted by molar-refractivity contribution is 1.06. The van der Waals surface area contributed by atoms with Crippen molar-refractivity contribution < 1.29 is 0 Å². The highest BCUT2D eigenvalue weighted by Gasteiger charge is 2.22. The van der Waals surface area contributed by atoms with E-state index in [0.717, 1.165) is 33.5 Å². The van der Waals surface area contributed by atoms with Crippen LogP contribution in [0, 0.1) is 0 Å². The van der Waals surface area contributed by atoms with Gasteiger partial charge in [-0.05, 0) is 40.5 Å². The lowest BCUT2D eigenvalue weighted by Crippen LogP contribution is -2.03. The van der Waals surface area contributed by atoms with Gasteiger partial charge in [0, 0.05) is 42.9 Å². The van der Waals surface area contributed by atoms with Crippen molar-refractivity contribution in [3.05, 3.63) is 194 Å². The van der Waals surface area contributed by atoms with Gasteiger partial charge in [-0.3, -0.25) is 0 Å². The third-order valence-electron chi connectivity index (χ3n) is 10.7. The Balaban J connectivity index is 1.16. The molecule has 0 spiro atoms. The van der Waals surface area contributed by atoms with Crippen molar-refractivity contribution in [2.45, 2.75) is 0 Å². The van der Waals surface area contributed by atoms with Crippen molar-refractivity contribution in [2.24, 2.45) is 0 Å². The molecule has 3 heterocycles. The van der Waals surface area contributed by atoms with Gasteiger partial charge in [0.1, 0.15) is 0 Å². The molecule has 0 atom stereocenters. The van der Waals surface area contributed by atoms with E-state index in [-0.39, 0.29) is 0 Å². The molecule has 0 fully saturated rings. The summed E-state index contributed by atoms with van der Waals surface area (Å²) < 4.78 is 4.98. The van der Waals surface area contributed by atoms with Crippen LogP contribution >= 0.6 is 11.3 Å². The van der Waals surface area contributed by atoms with E-state index < -0.39 is 0 Å². The van der Waals surface area contributed by atoms with Gasteiger partial charge in [-0.25, -0.2) is 15.0 Å². The highest BCUT2D eigenvalue weighted by molar-refractivity contribution is 7.27. The molecular weight excluding hydrogens is 701 g/mol. The lowest BCUT2D eigenvalue weighted by atomic mass is 10.0. The lowest BCUT2D eigenvalue weighted by Gasteiger charge is -2.15. The molecule has 0 aliphatic heterocycles. The number of benzene rings is 8. The zero-order valence-corrected chi connectivity index (χ0v) is 31.0. The summed E-state index contributed by atoms with van der Waals surface area (Å²) in [6, 6.07) is 68.4. The Labute approximate surface area is 327 Å². The minimum absolute atomic E-state index is 0.623. The van der Waals surface area contributed by atoms with Crippen molar-refractivity contribution in [1.82, 2.24) is 19.5 Å². The Hall–Kier alpha value is -7.21. The number of hydrogen-bond donors (Lipinski definition) is 0. The summed E-state index contributed by atoms with van der Waals surface area (Å²) in [5.74, 6) is 1.89. The number of fused-ring (bicyclic) bond motifs is 7. The fourth-order valence-corrected chi connectivity index (χ4v) is 9.41. The molecule has 56 heavy (non-hydrogen) atoms. The third kappa shape index (κ3) is 5.32. The molecule has 0 amide bonds. The smallest absolute Gasteiger partial charge is 0.166 e. The van der Waals surface area contributed by atoms with E-state index in [1.54, 1.807) is 0 Å². The molecule has 0 bridgehead atoms. The molecule has 0 aliphatic rings. The molecule has 262 valence electrons.